The molecule has 3 atom stereocenters. The summed E-state index contributed by atoms with van der Waals surface area (Å²) in [5.74, 6) is -0.470. The summed E-state index contributed by atoms with van der Waals surface area (Å²) < 4.78 is 37.7. The van der Waals surface area contributed by atoms with Crippen LogP contribution in [-0.4, -0.2) is 23.0 Å². The van der Waals surface area contributed by atoms with E-state index in [-0.39, 0.29) is 36.1 Å². The molecular weight excluding hydrogens is 297 g/mol. The first-order valence-corrected chi connectivity index (χ1v) is 7.09. The fourth-order valence-electron chi connectivity index (χ4n) is 2.52. The molecule has 1 amide bonds. The Balaban J connectivity index is 1.91. The van der Waals surface area contributed by atoms with Gasteiger partial charge in [-0.1, -0.05) is 6.07 Å². The van der Waals surface area contributed by atoms with Crippen molar-refractivity contribution in [1.29, 1.82) is 0 Å². The summed E-state index contributed by atoms with van der Waals surface area (Å²) >= 11 is 0. The minimum absolute atomic E-state index is 0.0411. The number of alkyl halides is 3. The number of hydrogen-bond acceptors (Lipinski definition) is 4. The van der Waals surface area contributed by atoms with Crippen LogP contribution in [0.3, 0.4) is 0 Å². The standard InChI is InChI=1S/C14H19F3N4O/c15-14(16,17)12-3-1-2-9(21-12)7-20-13(22)8-4-5-10(18)11(19)6-8/h1-3,8,10-11H,4-7,18-19H2,(H,20,22). The molecule has 0 bridgehead atoms. The molecule has 2 rings (SSSR count). The second-order valence-corrected chi connectivity index (χ2v) is 5.57. The van der Waals surface area contributed by atoms with Gasteiger partial charge in [0.15, 0.2) is 0 Å². The molecule has 0 saturated heterocycles. The van der Waals surface area contributed by atoms with E-state index in [1.54, 1.807) is 0 Å². The van der Waals surface area contributed by atoms with Gasteiger partial charge in [-0.25, -0.2) is 4.98 Å². The number of rotatable bonds is 3. The number of carbonyl (C=O) groups excluding carboxylic acids is 1. The van der Waals surface area contributed by atoms with Crippen LogP contribution in [0, 0.1) is 5.92 Å². The van der Waals surface area contributed by atoms with Crippen LogP contribution in [0.4, 0.5) is 13.2 Å². The second kappa shape index (κ2) is 6.62. The van der Waals surface area contributed by atoms with Gasteiger partial charge in [0.1, 0.15) is 5.69 Å². The van der Waals surface area contributed by atoms with Crippen molar-refractivity contribution in [2.24, 2.45) is 17.4 Å². The van der Waals surface area contributed by atoms with E-state index in [1.807, 2.05) is 0 Å². The van der Waals surface area contributed by atoms with Gasteiger partial charge in [0.25, 0.3) is 0 Å². The summed E-state index contributed by atoms with van der Waals surface area (Å²) in [7, 11) is 0. The van der Waals surface area contributed by atoms with Crippen molar-refractivity contribution in [1.82, 2.24) is 10.3 Å². The van der Waals surface area contributed by atoms with Crippen LogP contribution in [0.15, 0.2) is 18.2 Å². The molecule has 1 heterocycles. The van der Waals surface area contributed by atoms with Crippen molar-refractivity contribution in [2.45, 2.75) is 44.1 Å². The Morgan fingerprint density at radius 2 is 2.00 bits per heavy atom. The first kappa shape index (κ1) is 16.7. The topological polar surface area (TPSA) is 94.0 Å². The average molecular weight is 316 g/mol. The van der Waals surface area contributed by atoms with Crippen molar-refractivity contribution in [3.63, 3.8) is 0 Å². The molecule has 1 aliphatic carbocycles. The maximum Gasteiger partial charge on any atom is 0.433 e. The molecule has 22 heavy (non-hydrogen) atoms. The van der Waals surface area contributed by atoms with Crippen LogP contribution in [0.1, 0.15) is 30.7 Å². The number of pyridine rings is 1. The quantitative estimate of drug-likeness (QED) is 0.780. The maximum atomic E-state index is 12.6. The second-order valence-electron chi connectivity index (χ2n) is 5.57. The molecule has 3 unspecified atom stereocenters. The Morgan fingerprint density at radius 1 is 1.27 bits per heavy atom. The van der Waals surface area contributed by atoms with Gasteiger partial charge in [0, 0.05) is 18.0 Å². The molecule has 122 valence electrons. The molecule has 5 N–H and O–H groups in total. The van der Waals surface area contributed by atoms with Gasteiger partial charge in [0.05, 0.1) is 12.2 Å². The number of nitrogens with zero attached hydrogens (tertiary/aromatic N) is 1. The molecule has 1 saturated carbocycles. The predicted molar refractivity (Wildman–Crippen MR) is 74.4 cm³/mol. The van der Waals surface area contributed by atoms with Gasteiger partial charge < -0.3 is 16.8 Å². The summed E-state index contributed by atoms with van der Waals surface area (Å²) in [5.41, 5.74) is 10.8. The highest BCUT2D eigenvalue weighted by atomic mass is 19.4. The van der Waals surface area contributed by atoms with E-state index < -0.39 is 11.9 Å². The lowest BCUT2D eigenvalue weighted by Gasteiger charge is -2.30. The molecule has 5 nitrogen and oxygen atoms in total. The lowest BCUT2D eigenvalue weighted by Crippen LogP contribution is -2.48. The number of amides is 1. The van der Waals surface area contributed by atoms with Gasteiger partial charge in [-0.05, 0) is 31.4 Å². The average Bonchev–Trinajstić information content (AvgIpc) is 2.47. The zero-order chi connectivity index (χ0) is 16.3. The van der Waals surface area contributed by atoms with Gasteiger partial charge in [0.2, 0.25) is 5.91 Å². The molecule has 0 aliphatic heterocycles. The van der Waals surface area contributed by atoms with E-state index in [9.17, 15) is 18.0 Å². The number of aromatic nitrogens is 1. The molecule has 0 radical (unpaired) electrons. The molecule has 1 fully saturated rings. The molecule has 1 aliphatic rings. The van der Waals surface area contributed by atoms with E-state index in [2.05, 4.69) is 10.3 Å². The first-order valence-electron chi connectivity index (χ1n) is 7.09. The summed E-state index contributed by atoms with van der Waals surface area (Å²) in [6, 6.07) is 3.28. The van der Waals surface area contributed by atoms with Crippen molar-refractivity contribution < 1.29 is 18.0 Å². The number of carbonyl (C=O) groups is 1. The van der Waals surface area contributed by atoms with E-state index in [0.29, 0.717) is 19.3 Å². The zero-order valence-electron chi connectivity index (χ0n) is 11.9. The Hall–Kier alpha value is -1.67. The van der Waals surface area contributed by atoms with E-state index in [4.69, 9.17) is 11.5 Å². The number of nitrogens with one attached hydrogen (secondary N) is 1. The normalized spacial score (nSPS) is 25.8. The molecule has 0 aromatic carbocycles. The minimum Gasteiger partial charge on any atom is -0.350 e. The van der Waals surface area contributed by atoms with Crippen LogP contribution < -0.4 is 16.8 Å². The highest BCUT2D eigenvalue weighted by molar-refractivity contribution is 5.78. The van der Waals surface area contributed by atoms with Crippen LogP contribution in [0.5, 0.6) is 0 Å². The molecule has 8 heteroatoms. The lowest BCUT2D eigenvalue weighted by molar-refractivity contribution is -0.141. The minimum atomic E-state index is -4.49. The van der Waals surface area contributed by atoms with Crippen LogP contribution in [0.25, 0.3) is 0 Å². The van der Waals surface area contributed by atoms with E-state index >= 15 is 0 Å². The van der Waals surface area contributed by atoms with Crippen LogP contribution >= 0.6 is 0 Å². The summed E-state index contributed by atoms with van der Waals surface area (Å²) in [5, 5.41) is 2.62. The molecule has 1 aromatic heterocycles. The van der Waals surface area contributed by atoms with Crippen molar-refractivity contribution in [3.05, 3.63) is 29.6 Å². The predicted octanol–water partition coefficient (Wildman–Crippen LogP) is 1.17. The van der Waals surface area contributed by atoms with Gasteiger partial charge >= 0.3 is 6.18 Å². The molecule has 1 aromatic rings. The smallest absolute Gasteiger partial charge is 0.350 e. The highest BCUT2D eigenvalue weighted by Gasteiger charge is 2.33. The highest BCUT2D eigenvalue weighted by Crippen LogP contribution is 2.27. The largest absolute Gasteiger partial charge is 0.433 e. The number of nitrogens with two attached hydrogens (primary N) is 2. The lowest BCUT2D eigenvalue weighted by atomic mass is 9.82. The van der Waals surface area contributed by atoms with Crippen molar-refractivity contribution in [3.8, 4) is 0 Å². The van der Waals surface area contributed by atoms with Gasteiger partial charge in [-0.3, -0.25) is 4.79 Å². The fourth-order valence-corrected chi connectivity index (χ4v) is 2.52. The molecular formula is C14H19F3N4O. The van der Waals surface area contributed by atoms with Crippen LogP contribution in [-0.2, 0) is 17.5 Å². The Kier molecular flexibility index (Phi) is 5.02. The summed E-state index contributed by atoms with van der Waals surface area (Å²) in [6.45, 7) is -0.0411. The summed E-state index contributed by atoms with van der Waals surface area (Å²) in [4.78, 5) is 15.6. The fraction of sp³-hybridized carbons (Fsp3) is 0.571. The third-order valence-electron chi connectivity index (χ3n) is 3.87. The van der Waals surface area contributed by atoms with Crippen LogP contribution in [0.2, 0.25) is 0 Å². The van der Waals surface area contributed by atoms with E-state index in [1.165, 1.54) is 12.1 Å². The Bertz CT molecular complexity index is 535. The SMILES string of the molecule is NC1CCC(C(=O)NCc2cccc(C(F)(F)F)n2)CC1N. The Labute approximate surface area is 126 Å². The van der Waals surface area contributed by atoms with Gasteiger partial charge in [-0.15, -0.1) is 0 Å². The van der Waals surface area contributed by atoms with Crippen molar-refractivity contribution >= 4 is 5.91 Å². The maximum absolute atomic E-state index is 12.6. The summed E-state index contributed by atoms with van der Waals surface area (Å²) in [6.07, 6.45) is -2.70. The number of hydrogen-bond donors (Lipinski definition) is 3. The first-order chi connectivity index (χ1) is 10.3. The third-order valence-corrected chi connectivity index (χ3v) is 3.87. The molecule has 0 spiro atoms. The Morgan fingerprint density at radius 3 is 2.64 bits per heavy atom. The van der Waals surface area contributed by atoms with Gasteiger partial charge in [-0.2, -0.15) is 13.2 Å². The zero-order valence-corrected chi connectivity index (χ0v) is 11.9. The third kappa shape index (κ3) is 4.17. The number of halogens is 3. The monoisotopic (exact) mass is 316 g/mol. The van der Waals surface area contributed by atoms with E-state index in [0.717, 1.165) is 6.07 Å². The van der Waals surface area contributed by atoms with Crippen molar-refractivity contribution in [2.75, 3.05) is 0 Å².